The second-order valence-corrected chi connectivity index (χ2v) is 7.58. The third-order valence-corrected chi connectivity index (χ3v) is 5.61. The molecule has 1 saturated carbocycles. The Balaban J connectivity index is 1.70. The third kappa shape index (κ3) is 4.73. The van der Waals surface area contributed by atoms with Gasteiger partial charge in [0.25, 0.3) is 0 Å². The highest BCUT2D eigenvalue weighted by molar-refractivity contribution is 6.30. The first kappa shape index (κ1) is 18.6. The molecule has 1 heterocycles. The summed E-state index contributed by atoms with van der Waals surface area (Å²) >= 11 is 6.18. The van der Waals surface area contributed by atoms with Crippen molar-refractivity contribution in [3.05, 3.63) is 34.9 Å². The Hall–Kier alpha value is -1.14. The van der Waals surface area contributed by atoms with Crippen molar-refractivity contribution in [2.75, 3.05) is 32.8 Å². The Kier molecular flexibility index (Phi) is 6.34. The van der Waals surface area contributed by atoms with Gasteiger partial charge in [-0.2, -0.15) is 0 Å². The zero-order chi connectivity index (χ0) is 17.7. The predicted molar refractivity (Wildman–Crippen MR) is 99.6 cm³/mol. The van der Waals surface area contributed by atoms with Crippen LogP contribution in [0.5, 0.6) is 0 Å². The van der Waals surface area contributed by atoms with Crippen molar-refractivity contribution in [2.45, 2.75) is 43.7 Å². The SMILES string of the molecule is NC1(C(=O)NCC(c2cccc(Cl)c2)N2CCOCC2)CCCCC1. The minimum atomic E-state index is -0.706. The van der Waals surface area contributed by atoms with E-state index in [1.807, 2.05) is 18.2 Å². The molecule has 1 saturated heterocycles. The van der Waals surface area contributed by atoms with Gasteiger partial charge in [-0.25, -0.2) is 0 Å². The fourth-order valence-corrected chi connectivity index (χ4v) is 4.03. The molecule has 1 aromatic carbocycles. The molecule has 1 aromatic rings. The van der Waals surface area contributed by atoms with Gasteiger partial charge < -0.3 is 15.8 Å². The van der Waals surface area contributed by atoms with Crippen LogP contribution in [0.4, 0.5) is 0 Å². The summed E-state index contributed by atoms with van der Waals surface area (Å²) in [7, 11) is 0. The minimum Gasteiger partial charge on any atom is -0.379 e. The number of ether oxygens (including phenoxy) is 1. The Morgan fingerprint density at radius 2 is 2.00 bits per heavy atom. The molecule has 0 radical (unpaired) electrons. The summed E-state index contributed by atoms with van der Waals surface area (Å²) in [5, 5.41) is 3.83. The molecule has 1 amide bonds. The molecule has 0 aromatic heterocycles. The molecule has 6 heteroatoms. The summed E-state index contributed by atoms with van der Waals surface area (Å²) in [5.41, 5.74) is 6.77. The van der Waals surface area contributed by atoms with Crippen molar-refractivity contribution in [1.29, 1.82) is 0 Å². The molecule has 2 aliphatic rings. The van der Waals surface area contributed by atoms with E-state index in [1.54, 1.807) is 0 Å². The molecular formula is C19H28ClN3O2. The van der Waals surface area contributed by atoms with Gasteiger partial charge >= 0.3 is 0 Å². The average Bonchev–Trinajstić information content (AvgIpc) is 2.63. The van der Waals surface area contributed by atoms with Crippen LogP contribution in [-0.2, 0) is 9.53 Å². The third-order valence-electron chi connectivity index (χ3n) is 5.37. The van der Waals surface area contributed by atoms with Crippen LogP contribution >= 0.6 is 11.6 Å². The monoisotopic (exact) mass is 365 g/mol. The van der Waals surface area contributed by atoms with E-state index in [2.05, 4.69) is 16.3 Å². The van der Waals surface area contributed by atoms with Gasteiger partial charge in [-0.05, 0) is 30.5 Å². The molecule has 25 heavy (non-hydrogen) atoms. The molecule has 138 valence electrons. The number of benzene rings is 1. The number of amides is 1. The second-order valence-electron chi connectivity index (χ2n) is 7.15. The fourth-order valence-electron chi connectivity index (χ4n) is 3.84. The summed E-state index contributed by atoms with van der Waals surface area (Å²) in [6.45, 7) is 3.66. The molecule has 5 nitrogen and oxygen atoms in total. The quantitative estimate of drug-likeness (QED) is 0.841. The van der Waals surface area contributed by atoms with Crippen LogP contribution in [0, 0.1) is 0 Å². The highest BCUT2D eigenvalue weighted by Gasteiger charge is 2.35. The standard InChI is InChI=1S/C19H28ClN3O2/c20-16-6-4-5-15(13-16)17(23-9-11-25-12-10-23)14-22-18(24)19(21)7-2-1-3-8-19/h4-6,13,17H,1-3,7-12,14,21H2,(H,22,24). The van der Waals surface area contributed by atoms with E-state index in [-0.39, 0.29) is 11.9 Å². The van der Waals surface area contributed by atoms with Crippen LogP contribution in [-0.4, -0.2) is 49.2 Å². The molecular weight excluding hydrogens is 338 g/mol. The van der Waals surface area contributed by atoms with Gasteiger partial charge in [-0.3, -0.25) is 9.69 Å². The first-order chi connectivity index (χ1) is 12.1. The summed E-state index contributed by atoms with van der Waals surface area (Å²) in [6, 6.07) is 7.96. The largest absolute Gasteiger partial charge is 0.379 e. The number of nitrogens with two attached hydrogens (primary N) is 1. The Labute approximate surface area is 154 Å². The van der Waals surface area contributed by atoms with Crippen molar-refractivity contribution in [2.24, 2.45) is 5.73 Å². The van der Waals surface area contributed by atoms with Gasteiger partial charge in [-0.1, -0.05) is 43.0 Å². The smallest absolute Gasteiger partial charge is 0.240 e. The Morgan fingerprint density at radius 3 is 2.68 bits per heavy atom. The lowest BCUT2D eigenvalue weighted by Crippen LogP contribution is -2.56. The van der Waals surface area contributed by atoms with E-state index >= 15 is 0 Å². The number of morpholine rings is 1. The number of halogens is 1. The van der Waals surface area contributed by atoms with Crippen molar-refractivity contribution in [3.63, 3.8) is 0 Å². The molecule has 1 aliphatic carbocycles. The normalized spacial score (nSPS) is 22.3. The van der Waals surface area contributed by atoms with E-state index in [0.717, 1.165) is 44.3 Å². The molecule has 0 spiro atoms. The number of nitrogens with zero attached hydrogens (tertiary/aromatic N) is 1. The van der Waals surface area contributed by atoms with Crippen molar-refractivity contribution in [1.82, 2.24) is 10.2 Å². The zero-order valence-electron chi connectivity index (χ0n) is 14.7. The number of nitrogens with one attached hydrogen (secondary N) is 1. The summed E-state index contributed by atoms with van der Waals surface area (Å²) < 4.78 is 5.47. The van der Waals surface area contributed by atoms with E-state index < -0.39 is 5.54 Å². The topological polar surface area (TPSA) is 67.6 Å². The first-order valence-electron chi connectivity index (χ1n) is 9.23. The van der Waals surface area contributed by atoms with E-state index in [1.165, 1.54) is 6.42 Å². The Bertz CT molecular complexity index is 584. The van der Waals surface area contributed by atoms with E-state index in [9.17, 15) is 4.79 Å². The molecule has 1 aliphatic heterocycles. The summed E-state index contributed by atoms with van der Waals surface area (Å²) in [5.74, 6) is -0.0208. The van der Waals surface area contributed by atoms with Gasteiger partial charge in [0.2, 0.25) is 5.91 Å². The average molecular weight is 366 g/mol. The lowest BCUT2D eigenvalue weighted by Gasteiger charge is -2.37. The van der Waals surface area contributed by atoms with Gasteiger partial charge in [-0.15, -0.1) is 0 Å². The second kappa shape index (κ2) is 8.49. The van der Waals surface area contributed by atoms with Crippen LogP contribution in [0.3, 0.4) is 0 Å². The molecule has 3 rings (SSSR count). The van der Waals surface area contributed by atoms with Crippen LogP contribution in [0.1, 0.15) is 43.7 Å². The van der Waals surface area contributed by atoms with Gasteiger partial charge in [0, 0.05) is 24.7 Å². The molecule has 1 unspecified atom stereocenters. The maximum atomic E-state index is 12.7. The first-order valence-corrected chi connectivity index (χ1v) is 9.61. The fraction of sp³-hybridized carbons (Fsp3) is 0.632. The predicted octanol–water partition coefficient (Wildman–Crippen LogP) is 2.49. The lowest BCUT2D eigenvalue weighted by atomic mass is 9.82. The van der Waals surface area contributed by atoms with Crippen LogP contribution in [0.2, 0.25) is 5.02 Å². The van der Waals surface area contributed by atoms with Gasteiger partial charge in [0.1, 0.15) is 0 Å². The number of rotatable bonds is 5. The van der Waals surface area contributed by atoms with Crippen molar-refractivity contribution in [3.8, 4) is 0 Å². The number of hydrogen-bond donors (Lipinski definition) is 2. The summed E-state index contributed by atoms with van der Waals surface area (Å²) in [6.07, 6.45) is 4.79. The number of carbonyl (C=O) groups is 1. The maximum absolute atomic E-state index is 12.7. The highest BCUT2D eigenvalue weighted by atomic mass is 35.5. The van der Waals surface area contributed by atoms with Gasteiger partial charge in [0.15, 0.2) is 0 Å². The molecule has 1 atom stereocenters. The maximum Gasteiger partial charge on any atom is 0.240 e. The van der Waals surface area contributed by atoms with Crippen molar-refractivity contribution >= 4 is 17.5 Å². The summed E-state index contributed by atoms with van der Waals surface area (Å²) in [4.78, 5) is 15.0. The lowest BCUT2D eigenvalue weighted by molar-refractivity contribution is -0.127. The van der Waals surface area contributed by atoms with E-state index in [4.69, 9.17) is 22.1 Å². The minimum absolute atomic E-state index is 0.0208. The van der Waals surface area contributed by atoms with Gasteiger partial charge in [0.05, 0.1) is 24.8 Å². The highest BCUT2D eigenvalue weighted by Crippen LogP contribution is 2.27. The Morgan fingerprint density at radius 1 is 1.28 bits per heavy atom. The zero-order valence-corrected chi connectivity index (χ0v) is 15.4. The van der Waals surface area contributed by atoms with Crippen LogP contribution in [0.25, 0.3) is 0 Å². The van der Waals surface area contributed by atoms with Crippen LogP contribution < -0.4 is 11.1 Å². The van der Waals surface area contributed by atoms with Crippen molar-refractivity contribution < 1.29 is 9.53 Å². The number of carbonyl (C=O) groups excluding carboxylic acids is 1. The molecule has 0 bridgehead atoms. The molecule has 3 N–H and O–H groups in total. The molecule has 2 fully saturated rings. The van der Waals surface area contributed by atoms with Crippen LogP contribution in [0.15, 0.2) is 24.3 Å². The van der Waals surface area contributed by atoms with E-state index in [0.29, 0.717) is 24.8 Å². The number of hydrogen-bond acceptors (Lipinski definition) is 4.